The van der Waals surface area contributed by atoms with Gasteiger partial charge in [0.05, 0.1) is 18.4 Å². The van der Waals surface area contributed by atoms with Crippen molar-refractivity contribution in [3.8, 4) is 11.1 Å². The van der Waals surface area contributed by atoms with Crippen molar-refractivity contribution in [2.75, 3.05) is 16.8 Å². The number of benzene rings is 1. The molecule has 1 N–H and O–H groups in total. The third-order valence-corrected chi connectivity index (χ3v) is 5.36. The second-order valence-electron chi connectivity index (χ2n) is 7.27. The normalized spacial score (nSPS) is 15.0. The van der Waals surface area contributed by atoms with Gasteiger partial charge in [0, 0.05) is 31.3 Å². The average molecular weight is 394 g/mol. The Labute approximate surface area is 168 Å². The molecule has 3 aromatic rings. The van der Waals surface area contributed by atoms with E-state index in [1.807, 2.05) is 43.9 Å². The molecule has 1 amide bonds. The summed E-state index contributed by atoms with van der Waals surface area (Å²) in [5.74, 6) is -0.363. The summed E-state index contributed by atoms with van der Waals surface area (Å²) in [5, 5.41) is 7.48. The van der Waals surface area contributed by atoms with Crippen molar-refractivity contribution in [1.29, 1.82) is 0 Å². The first-order chi connectivity index (χ1) is 13.9. The van der Waals surface area contributed by atoms with Gasteiger partial charge < -0.3 is 5.32 Å². The molecule has 1 aliphatic rings. The van der Waals surface area contributed by atoms with E-state index >= 15 is 0 Å². The predicted molar refractivity (Wildman–Crippen MR) is 109 cm³/mol. The summed E-state index contributed by atoms with van der Waals surface area (Å²) >= 11 is 0. The molecule has 0 bridgehead atoms. The summed E-state index contributed by atoms with van der Waals surface area (Å²) in [6.07, 6.45) is 4.10. The minimum Gasteiger partial charge on any atom is -0.348 e. The van der Waals surface area contributed by atoms with Crippen molar-refractivity contribution in [2.45, 2.75) is 32.7 Å². The van der Waals surface area contributed by atoms with Crippen molar-refractivity contribution in [3.63, 3.8) is 0 Å². The number of aromatic nitrogens is 4. The maximum atomic E-state index is 14.1. The molecule has 1 saturated heterocycles. The molecule has 29 heavy (non-hydrogen) atoms. The Morgan fingerprint density at radius 1 is 1.21 bits per heavy atom. The van der Waals surface area contributed by atoms with Crippen LogP contribution >= 0.6 is 0 Å². The number of amides is 1. The molecule has 0 unspecified atom stereocenters. The number of hydrogen-bond acceptors (Lipinski definition) is 5. The van der Waals surface area contributed by atoms with Gasteiger partial charge in [-0.3, -0.25) is 14.4 Å². The van der Waals surface area contributed by atoms with E-state index < -0.39 is 5.82 Å². The Morgan fingerprint density at radius 3 is 2.59 bits per heavy atom. The molecule has 0 spiro atoms. The maximum absolute atomic E-state index is 14.1. The number of halogens is 1. The molecule has 1 aliphatic heterocycles. The quantitative estimate of drug-likeness (QED) is 0.715. The first kappa shape index (κ1) is 19.0. The van der Waals surface area contributed by atoms with Crippen LogP contribution in [-0.4, -0.2) is 32.2 Å². The SMILES string of the molecule is Cc1c(-c2ccc([C@H](C)Nc3ncc(F)c(N4CCCC4=O)n3)cc2)cnn1C. The molecular weight excluding hydrogens is 371 g/mol. The van der Waals surface area contributed by atoms with Crippen molar-refractivity contribution >= 4 is 17.7 Å². The Morgan fingerprint density at radius 2 is 1.97 bits per heavy atom. The molecule has 0 saturated carbocycles. The van der Waals surface area contributed by atoms with Crippen molar-refractivity contribution in [2.24, 2.45) is 7.05 Å². The lowest BCUT2D eigenvalue weighted by Gasteiger charge is -2.18. The molecule has 1 fully saturated rings. The third-order valence-electron chi connectivity index (χ3n) is 5.36. The van der Waals surface area contributed by atoms with E-state index in [1.54, 1.807) is 0 Å². The summed E-state index contributed by atoms with van der Waals surface area (Å²) in [4.78, 5) is 21.6. The summed E-state index contributed by atoms with van der Waals surface area (Å²) in [6, 6.07) is 8.09. The number of anilines is 2. The van der Waals surface area contributed by atoms with Crippen LogP contribution in [0.1, 0.15) is 37.1 Å². The first-order valence-corrected chi connectivity index (χ1v) is 9.62. The third kappa shape index (κ3) is 3.70. The molecule has 4 rings (SSSR count). The highest BCUT2D eigenvalue weighted by molar-refractivity contribution is 5.94. The molecule has 2 aromatic heterocycles. The number of aryl methyl sites for hydroxylation is 1. The van der Waals surface area contributed by atoms with E-state index in [1.165, 1.54) is 4.90 Å². The Balaban J connectivity index is 1.51. The summed E-state index contributed by atoms with van der Waals surface area (Å²) in [6.45, 7) is 4.50. The van der Waals surface area contributed by atoms with Crippen LogP contribution in [0.3, 0.4) is 0 Å². The van der Waals surface area contributed by atoms with Gasteiger partial charge in [-0.2, -0.15) is 10.1 Å². The van der Waals surface area contributed by atoms with Gasteiger partial charge >= 0.3 is 0 Å². The smallest absolute Gasteiger partial charge is 0.228 e. The Kier molecular flexibility index (Phi) is 5.00. The van der Waals surface area contributed by atoms with Crippen LogP contribution in [0.2, 0.25) is 0 Å². The van der Waals surface area contributed by atoms with E-state index in [9.17, 15) is 9.18 Å². The maximum Gasteiger partial charge on any atom is 0.228 e. The number of rotatable bonds is 5. The van der Waals surface area contributed by atoms with E-state index in [2.05, 4.69) is 32.5 Å². The van der Waals surface area contributed by atoms with Crippen LogP contribution < -0.4 is 10.2 Å². The minimum absolute atomic E-state index is 0.0413. The summed E-state index contributed by atoms with van der Waals surface area (Å²) < 4.78 is 16.0. The zero-order valence-corrected chi connectivity index (χ0v) is 16.7. The summed E-state index contributed by atoms with van der Waals surface area (Å²) in [5.41, 5.74) is 4.34. The van der Waals surface area contributed by atoms with Gasteiger partial charge in [0.15, 0.2) is 11.6 Å². The monoisotopic (exact) mass is 394 g/mol. The van der Waals surface area contributed by atoms with Gasteiger partial charge in [-0.25, -0.2) is 9.37 Å². The van der Waals surface area contributed by atoms with E-state index in [4.69, 9.17) is 0 Å². The van der Waals surface area contributed by atoms with Crippen LogP contribution in [0.5, 0.6) is 0 Å². The molecule has 3 heterocycles. The largest absolute Gasteiger partial charge is 0.348 e. The molecular formula is C21H23FN6O. The van der Waals surface area contributed by atoms with Crippen LogP contribution in [-0.2, 0) is 11.8 Å². The van der Waals surface area contributed by atoms with Gasteiger partial charge in [-0.1, -0.05) is 24.3 Å². The number of carbonyl (C=O) groups excluding carboxylic acids is 1. The second kappa shape index (κ2) is 7.62. The molecule has 150 valence electrons. The molecule has 7 nitrogen and oxygen atoms in total. The molecule has 1 aromatic carbocycles. The highest BCUT2D eigenvalue weighted by atomic mass is 19.1. The second-order valence-corrected chi connectivity index (χ2v) is 7.27. The lowest BCUT2D eigenvalue weighted by molar-refractivity contribution is -0.117. The van der Waals surface area contributed by atoms with E-state index in [-0.39, 0.29) is 17.8 Å². The van der Waals surface area contributed by atoms with Crippen LogP contribution in [0.25, 0.3) is 11.1 Å². The Hall–Kier alpha value is -3.29. The number of nitrogens with one attached hydrogen (secondary N) is 1. The Bertz CT molecular complexity index is 1050. The predicted octanol–water partition coefficient (Wildman–Crippen LogP) is 3.62. The number of hydrogen-bond donors (Lipinski definition) is 1. The minimum atomic E-state index is -0.588. The fourth-order valence-electron chi connectivity index (χ4n) is 3.50. The zero-order chi connectivity index (χ0) is 20.5. The summed E-state index contributed by atoms with van der Waals surface area (Å²) in [7, 11) is 1.92. The van der Waals surface area contributed by atoms with Crippen molar-refractivity contribution < 1.29 is 9.18 Å². The fraction of sp³-hybridized carbons (Fsp3) is 0.333. The van der Waals surface area contributed by atoms with Gasteiger partial charge in [0.1, 0.15) is 0 Å². The van der Waals surface area contributed by atoms with Crippen molar-refractivity contribution in [3.05, 3.63) is 53.7 Å². The van der Waals surface area contributed by atoms with Crippen LogP contribution in [0.4, 0.5) is 16.2 Å². The number of nitrogens with zero attached hydrogens (tertiary/aromatic N) is 5. The van der Waals surface area contributed by atoms with Gasteiger partial charge in [0.2, 0.25) is 11.9 Å². The zero-order valence-electron chi connectivity index (χ0n) is 16.7. The van der Waals surface area contributed by atoms with Gasteiger partial charge in [-0.15, -0.1) is 0 Å². The number of carbonyl (C=O) groups is 1. The average Bonchev–Trinajstić information content (AvgIpc) is 3.29. The van der Waals surface area contributed by atoms with Crippen LogP contribution in [0, 0.1) is 12.7 Å². The molecule has 1 atom stereocenters. The van der Waals surface area contributed by atoms with Gasteiger partial charge in [0.25, 0.3) is 0 Å². The van der Waals surface area contributed by atoms with E-state index in [0.717, 1.165) is 28.6 Å². The molecule has 0 aliphatic carbocycles. The van der Waals surface area contributed by atoms with Crippen LogP contribution in [0.15, 0.2) is 36.7 Å². The highest BCUT2D eigenvalue weighted by Crippen LogP contribution is 2.27. The van der Waals surface area contributed by atoms with Crippen molar-refractivity contribution in [1.82, 2.24) is 19.7 Å². The van der Waals surface area contributed by atoms with Gasteiger partial charge in [-0.05, 0) is 31.4 Å². The topological polar surface area (TPSA) is 75.9 Å². The molecule has 0 radical (unpaired) electrons. The first-order valence-electron chi connectivity index (χ1n) is 9.62. The fourth-order valence-corrected chi connectivity index (χ4v) is 3.50. The molecule has 8 heteroatoms. The lowest BCUT2D eigenvalue weighted by atomic mass is 10.0. The van der Waals surface area contributed by atoms with E-state index in [0.29, 0.717) is 25.3 Å². The standard InChI is InChI=1S/C21H23FN6O/c1-13(15-6-8-16(9-7-15)17-11-24-27(3)14(17)2)25-21-23-12-18(22)20(26-21)28-10-4-5-19(28)29/h6-9,11-13H,4-5,10H2,1-3H3,(H,23,25,26)/t13-/m0/s1. The lowest BCUT2D eigenvalue weighted by Crippen LogP contribution is -2.26. The highest BCUT2D eigenvalue weighted by Gasteiger charge is 2.26.